The first-order valence-corrected chi connectivity index (χ1v) is 16.1. The Balaban J connectivity index is 1.30. The second-order valence-electron chi connectivity index (χ2n) is 12.7. The lowest BCUT2D eigenvalue weighted by atomic mass is 9.72. The van der Waals surface area contributed by atoms with Gasteiger partial charge in [0.2, 0.25) is 5.78 Å². The zero-order valence-electron chi connectivity index (χ0n) is 27.8. The summed E-state index contributed by atoms with van der Waals surface area (Å²) in [6.07, 6.45) is -7.30. The fraction of sp³-hybridized carbons (Fsp3) is 0.371. The van der Waals surface area contributed by atoms with Crippen molar-refractivity contribution in [1.82, 2.24) is 5.32 Å². The van der Waals surface area contributed by atoms with Gasteiger partial charge in [0, 0.05) is 46.6 Å². The molecule has 17 heteroatoms. The summed E-state index contributed by atoms with van der Waals surface area (Å²) in [4.78, 5) is 55.9. The first kappa shape index (κ1) is 36.2. The van der Waals surface area contributed by atoms with Crippen LogP contribution in [0.15, 0.2) is 47.6 Å². The number of phenolic OH excluding ortho intramolecular Hbond substituents is 2. The van der Waals surface area contributed by atoms with Crippen molar-refractivity contribution in [2.24, 2.45) is 5.11 Å². The third kappa shape index (κ3) is 6.41. The number of benzene rings is 3. The largest absolute Gasteiger partial charge is 0.507 e. The lowest BCUT2D eigenvalue weighted by Crippen LogP contribution is -2.56. The number of hydrogen-bond donors (Lipinski definition) is 6. The summed E-state index contributed by atoms with van der Waals surface area (Å²) in [5.74, 6) is -4.14. The number of aromatic hydroxyl groups is 2. The molecule has 6 atom stereocenters. The number of amides is 1. The highest BCUT2D eigenvalue weighted by Gasteiger charge is 2.50. The molecule has 0 bridgehead atoms. The second kappa shape index (κ2) is 14.2. The topological polar surface area (TPSA) is 267 Å². The number of fused-ring (bicyclic) bond motifs is 3. The van der Waals surface area contributed by atoms with Crippen LogP contribution in [0.5, 0.6) is 17.2 Å². The SMILES string of the molecule is COc1cccc2c1C(=O)c1c(O)c3c(c(O)c1C2=O)C[C@@](O)(C(=O)CO)CC3O[C@H]1C[C@H](NC(=O)OCc2ccc(N=[N+]=[N-])cc2)[C@H](O)[C@H](C)O1. The van der Waals surface area contributed by atoms with Gasteiger partial charge in [-0.25, -0.2) is 4.79 Å². The van der Waals surface area contributed by atoms with Crippen LogP contribution < -0.4 is 10.1 Å². The zero-order valence-corrected chi connectivity index (χ0v) is 27.8. The Morgan fingerprint density at radius 2 is 1.79 bits per heavy atom. The molecule has 1 aliphatic heterocycles. The summed E-state index contributed by atoms with van der Waals surface area (Å²) in [7, 11) is 1.30. The quantitative estimate of drug-likeness (QED) is 0.0630. The first-order valence-electron chi connectivity index (χ1n) is 16.1. The minimum atomic E-state index is -2.35. The van der Waals surface area contributed by atoms with Crippen LogP contribution in [0.4, 0.5) is 10.5 Å². The number of carbonyl (C=O) groups is 4. The third-order valence-electron chi connectivity index (χ3n) is 9.53. The lowest BCUT2D eigenvalue weighted by molar-refractivity contribution is -0.249. The number of rotatable bonds is 9. The number of Topliss-reactive ketones (excluding diaryl/α,β-unsaturated/α-hetero) is 1. The zero-order chi connectivity index (χ0) is 37.5. The summed E-state index contributed by atoms with van der Waals surface area (Å²) >= 11 is 0. The van der Waals surface area contributed by atoms with Crippen molar-refractivity contribution < 1.29 is 63.7 Å². The van der Waals surface area contributed by atoms with Crippen LogP contribution in [0.2, 0.25) is 0 Å². The number of phenols is 2. The maximum Gasteiger partial charge on any atom is 0.407 e. The number of aliphatic hydroxyl groups excluding tert-OH is 2. The Kier molecular flexibility index (Phi) is 9.92. The van der Waals surface area contributed by atoms with E-state index in [2.05, 4.69) is 15.3 Å². The maximum atomic E-state index is 13.9. The molecule has 52 heavy (non-hydrogen) atoms. The molecular weight excluding hydrogens is 684 g/mol. The fourth-order valence-electron chi connectivity index (χ4n) is 6.91. The summed E-state index contributed by atoms with van der Waals surface area (Å²) in [5.41, 5.74) is 5.39. The predicted octanol–water partition coefficient (Wildman–Crippen LogP) is 2.91. The molecule has 6 rings (SSSR count). The van der Waals surface area contributed by atoms with Crippen LogP contribution in [0, 0.1) is 0 Å². The number of methoxy groups -OCH3 is 1. The second-order valence-corrected chi connectivity index (χ2v) is 12.7. The number of hydrogen-bond acceptors (Lipinski definition) is 14. The molecule has 2 aliphatic carbocycles. The minimum Gasteiger partial charge on any atom is -0.507 e. The van der Waals surface area contributed by atoms with E-state index >= 15 is 0 Å². The van der Waals surface area contributed by atoms with Gasteiger partial charge < -0.3 is 49.8 Å². The van der Waals surface area contributed by atoms with Gasteiger partial charge in [0.05, 0.1) is 42.0 Å². The van der Waals surface area contributed by atoms with E-state index in [4.69, 9.17) is 24.5 Å². The van der Waals surface area contributed by atoms with Gasteiger partial charge in [-0.15, -0.1) is 0 Å². The number of azide groups is 1. The molecular formula is C35H34N4O13. The summed E-state index contributed by atoms with van der Waals surface area (Å²) < 4.78 is 22.6. The number of alkyl carbamates (subject to hydrolysis) is 1. The molecule has 0 radical (unpaired) electrons. The van der Waals surface area contributed by atoms with E-state index in [0.29, 0.717) is 11.3 Å². The Hall–Kier alpha value is -5.55. The van der Waals surface area contributed by atoms with E-state index in [1.165, 1.54) is 44.4 Å². The highest BCUT2D eigenvalue weighted by molar-refractivity contribution is 6.31. The molecule has 1 amide bonds. The van der Waals surface area contributed by atoms with Crippen molar-refractivity contribution in [3.8, 4) is 17.2 Å². The molecule has 3 aromatic carbocycles. The Labute approximate surface area is 294 Å². The molecule has 1 saturated heterocycles. The Morgan fingerprint density at radius 3 is 2.46 bits per heavy atom. The van der Waals surface area contributed by atoms with Crippen LogP contribution >= 0.6 is 0 Å². The number of aliphatic hydroxyl groups is 3. The van der Waals surface area contributed by atoms with Crippen LogP contribution in [0.3, 0.4) is 0 Å². The molecule has 1 unspecified atom stereocenters. The van der Waals surface area contributed by atoms with E-state index in [1.807, 2.05) is 0 Å². The maximum absolute atomic E-state index is 13.9. The molecule has 272 valence electrons. The van der Waals surface area contributed by atoms with Crippen molar-refractivity contribution in [3.63, 3.8) is 0 Å². The van der Waals surface area contributed by atoms with Gasteiger partial charge in [0.1, 0.15) is 42.2 Å². The summed E-state index contributed by atoms with van der Waals surface area (Å²) in [5, 5.41) is 61.3. The van der Waals surface area contributed by atoms with Gasteiger partial charge >= 0.3 is 6.09 Å². The van der Waals surface area contributed by atoms with Gasteiger partial charge in [0.25, 0.3) is 0 Å². The number of ether oxygens (including phenoxy) is 4. The van der Waals surface area contributed by atoms with Crippen molar-refractivity contribution in [3.05, 3.63) is 91.9 Å². The van der Waals surface area contributed by atoms with Gasteiger partial charge in [-0.1, -0.05) is 41.5 Å². The van der Waals surface area contributed by atoms with E-state index in [1.54, 1.807) is 12.1 Å². The van der Waals surface area contributed by atoms with Crippen molar-refractivity contribution in [2.75, 3.05) is 13.7 Å². The standard InChI is InChI=1S/C35H34N4O13/c1-15-29(42)20(37-34(47)50-14-16-6-8-17(9-7-16)38-39-36)10-24(51-15)52-22-12-35(48,23(41)13-40)11-19-26(22)33(46)28-27(31(19)44)30(43)18-4-3-5-21(49-2)25(18)32(28)45/h3-9,15,20,22,24,29,40,42,44,46,48H,10-14H2,1-2H3,(H,37,47)/t15-,20-,22?,24-,29+,35-/m0/s1. The molecule has 1 fully saturated rings. The monoisotopic (exact) mass is 718 g/mol. The van der Waals surface area contributed by atoms with E-state index in [9.17, 15) is 44.7 Å². The lowest BCUT2D eigenvalue weighted by Gasteiger charge is -2.42. The van der Waals surface area contributed by atoms with Crippen molar-refractivity contribution in [1.29, 1.82) is 0 Å². The number of nitrogens with one attached hydrogen (secondary N) is 1. The van der Waals surface area contributed by atoms with Gasteiger partial charge in [-0.05, 0) is 24.1 Å². The van der Waals surface area contributed by atoms with Crippen LogP contribution in [0.1, 0.15) is 74.4 Å². The Bertz CT molecular complexity index is 2010. The molecule has 0 saturated carbocycles. The molecule has 17 nitrogen and oxygen atoms in total. The molecule has 3 aromatic rings. The number of ketones is 3. The highest BCUT2D eigenvalue weighted by Crippen LogP contribution is 2.52. The van der Waals surface area contributed by atoms with Gasteiger partial charge in [0.15, 0.2) is 17.9 Å². The van der Waals surface area contributed by atoms with Crippen molar-refractivity contribution >= 4 is 29.1 Å². The fourth-order valence-corrected chi connectivity index (χ4v) is 6.91. The van der Waals surface area contributed by atoms with E-state index in [0.717, 1.165) is 0 Å². The normalized spacial score (nSPS) is 24.8. The molecule has 0 spiro atoms. The molecule has 0 aromatic heterocycles. The first-order chi connectivity index (χ1) is 24.8. The highest BCUT2D eigenvalue weighted by atomic mass is 16.7. The summed E-state index contributed by atoms with van der Waals surface area (Å²) in [6, 6.07) is 9.55. The third-order valence-corrected chi connectivity index (χ3v) is 9.53. The van der Waals surface area contributed by atoms with Crippen LogP contribution in [0.25, 0.3) is 10.4 Å². The van der Waals surface area contributed by atoms with Gasteiger partial charge in [-0.2, -0.15) is 0 Å². The van der Waals surface area contributed by atoms with E-state index in [-0.39, 0.29) is 41.0 Å². The van der Waals surface area contributed by atoms with Crippen LogP contribution in [-0.4, -0.2) is 92.8 Å². The molecule has 1 heterocycles. The molecule has 6 N–H and O–H groups in total. The number of carbonyl (C=O) groups excluding carboxylic acids is 4. The average Bonchev–Trinajstić information content (AvgIpc) is 3.13. The Morgan fingerprint density at radius 1 is 1.08 bits per heavy atom. The average molecular weight is 719 g/mol. The van der Waals surface area contributed by atoms with Crippen LogP contribution in [-0.2, 0) is 32.0 Å². The van der Waals surface area contributed by atoms with Crippen molar-refractivity contribution in [2.45, 2.75) is 69.0 Å². The smallest absolute Gasteiger partial charge is 0.407 e. The minimum absolute atomic E-state index is 0.0530. The molecule has 3 aliphatic rings. The van der Waals surface area contributed by atoms with E-state index < -0.39 is 102 Å². The summed E-state index contributed by atoms with van der Waals surface area (Å²) in [6.45, 7) is 0.259. The number of nitrogens with zero attached hydrogens (tertiary/aromatic N) is 3. The van der Waals surface area contributed by atoms with Gasteiger partial charge in [-0.3, -0.25) is 14.4 Å². The predicted molar refractivity (Wildman–Crippen MR) is 176 cm³/mol.